The summed E-state index contributed by atoms with van der Waals surface area (Å²) in [5.41, 5.74) is -0.227. The molecule has 3 unspecified atom stereocenters. The minimum Gasteiger partial charge on any atom is -0.302 e. The summed E-state index contributed by atoms with van der Waals surface area (Å²) >= 11 is 6.23. The lowest BCUT2D eigenvalue weighted by atomic mass is 10.1. The van der Waals surface area contributed by atoms with Crippen LogP contribution in [0.4, 0.5) is 0 Å². The van der Waals surface area contributed by atoms with Crippen molar-refractivity contribution in [3.63, 3.8) is 0 Å². The quantitative estimate of drug-likeness (QED) is 0.289. The predicted molar refractivity (Wildman–Crippen MR) is 81.4 cm³/mol. The highest BCUT2D eigenvalue weighted by molar-refractivity contribution is 6.22. The molecule has 1 heterocycles. The molecule has 3 nitrogen and oxygen atoms in total. The Morgan fingerprint density at radius 1 is 1.11 bits per heavy atom. The van der Waals surface area contributed by atoms with Crippen molar-refractivity contribution >= 4 is 17.9 Å². The smallest absolute Gasteiger partial charge is 0.140 e. The van der Waals surface area contributed by atoms with Crippen LogP contribution in [0.15, 0.2) is 0 Å². The van der Waals surface area contributed by atoms with Gasteiger partial charge < -0.3 is 4.79 Å². The SMILES string of the molecule is CCCCCCCN1C(CCCC)NC(Cl)C1C=O. The zero-order valence-corrected chi connectivity index (χ0v) is 13.2. The van der Waals surface area contributed by atoms with Crippen LogP contribution in [0.3, 0.4) is 0 Å². The fourth-order valence-electron chi connectivity index (χ4n) is 2.75. The number of carbonyl (C=O) groups is 1. The monoisotopic (exact) mass is 288 g/mol. The Morgan fingerprint density at radius 3 is 2.42 bits per heavy atom. The third-order valence-corrected chi connectivity index (χ3v) is 4.31. The maximum absolute atomic E-state index is 11.2. The van der Waals surface area contributed by atoms with Gasteiger partial charge in [-0.15, -0.1) is 11.6 Å². The molecule has 1 aliphatic rings. The summed E-state index contributed by atoms with van der Waals surface area (Å²) in [5, 5.41) is 3.35. The molecule has 1 rings (SSSR count). The van der Waals surface area contributed by atoms with Crippen molar-refractivity contribution in [3.8, 4) is 0 Å². The van der Waals surface area contributed by atoms with Gasteiger partial charge in [0.25, 0.3) is 0 Å². The van der Waals surface area contributed by atoms with E-state index in [4.69, 9.17) is 11.6 Å². The normalized spacial score (nSPS) is 27.8. The molecule has 0 amide bonds. The van der Waals surface area contributed by atoms with Gasteiger partial charge in [-0.1, -0.05) is 52.4 Å². The van der Waals surface area contributed by atoms with E-state index in [0.29, 0.717) is 0 Å². The van der Waals surface area contributed by atoms with E-state index in [0.717, 1.165) is 25.7 Å². The number of hydrogen-bond donors (Lipinski definition) is 1. The van der Waals surface area contributed by atoms with E-state index in [9.17, 15) is 4.79 Å². The van der Waals surface area contributed by atoms with E-state index in [2.05, 4.69) is 24.1 Å². The van der Waals surface area contributed by atoms with Crippen LogP contribution in [-0.2, 0) is 4.79 Å². The van der Waals surface area contributed by atoms with E-state index in [1.54, 1.807) is 0 Å². The maximum Gasteiger partial charge on any atom is 0.140 e. The highest BCUT2D eigenvalue weighted by Gasteiger charge is 2.38. The molecule has 19 heavy (non-hydrogen) atoms. The summed E-state index contributed by atoms with van der Waals surface area (Å²) in [5.74, 6) is 0. The first-order chi connectivity index (χ1) is 9.24. The molecule has 0 radical (unpaired) electrons. The molecular formula is C15H29ClN2O. The standard InChI is InChI=1S/C15H29ClN2O/c1-3-5-7-8-9-11-18-13(12-19)15(16)17-14(18)10-6-4-2/h12-15,17H,3-11H2,1-2H3. The van der Waals surface area contributed by atoms with Crippen LogP contribution in [0.1, 0.15) is 65.2 Å². The van der Waals surface area contributed by atoms with Crippen LogP contribution < -0.4 is 5.32 Å². The number of nitrogens with zero attached hydrogens (tertiary/aromatic N) is 1. The number of hydrogen-bond acceptors (Lipinski definition) is 3. The number of rotatable bonds is 10. The highest BCUT2D eigenvalue weighted by atomic mass is 35.5. The van der Waals surface area contributed by atoms with E-state index in [-0.39, 0.29) is 17.7 Å². The van der Waals surface area contributed by atoms with Crippen molar-refractivity contribution in [2.24, 2.45) is 0 Å². The van der Waals surface area contributed by atoms with Gasteiger partial charge in [-0.3, -0.25) is 10.2 Å². The van der Waals surface area contributed by atoms with E-state index < -0.39 is 0 Å². The highest BCUT2D eigenvalue weighted by Crippen LogP contribution is 2.23. The molecule has 0 aromatic heterocycles. The number of carbonyl (C=O) groups excluding carboxylic acids is 1. The van der Waals surface area contributed by atoms with Gasteiger partial charge in [0.2, 0.25) is 0 Å². The Kier molecular flexibility index (Phi) is 8.67. The van der Waals surface area contributed by atoms with Crippen LogP contribution in [0.25, 0.3) is 0 Å². The van der Waals surface area contributed by atoms with Crippen LogP contribution in [0.5, 0.6) is 0 Å². The van der Waals surface area contributed by atoms with Crippen LogP contribution in [0.2, 0.25) is 0 Å². The molecule has 0 aliphatic carbocycles. The molecule has 0 aromatic rings. The summed E-state index contributed by atoms with van der Waals surface area (Å²) in [6.07, 6.45) is 11.0. The molecule has 112 valence electrons. The molecule has 0 spiro atoms. The number of nitrogens with one attached hydrogen (secondary N) is 1. The number of halogens is 1. The fourth-order valence-corrected chi connectivity index (χ4v) is 3.10. The van der Waals surface area contributed by atoms with Crippen molar-refractivity contribution in [2.75, 3.05) is 6.54 Å². The first kappa shape index (κ1) is 16.9. The van der Waals surface area contributed by atoms with Crippen molar-refractivity contribution in [3.05, 3.63) is 0 Å². The molecule has 1 N–H and O–H groups in total. The first-order valence-electron chi connectivity index (χ1n) is 7.85. The van der Waals surface area contributed by atoms with Gasteiger partial charge in [-0.2, -0.15) is 0 Å². The molecule has 0 bridgehead atoms. The zero-order valence-electron chi connectivity index (χ0n) is 12.4. The van der Waals surface area contributed by atoms with Crippen molar-refractivity contribution in [2.45, 2.75) is 82.9 Å². The molecule has 1 fully saturated rings. The molecular weight excluding hydrogens is 260 g/mol. The average Bonchev–Trinajstić information content (AvgIpc) is 2.71. The Hall–Kier alpha value is -0.120. The van der Waals surface area contributed by atoms with E-state index in [1.165, 1.54) is 38.5 Å². The number of aldehydes is 1. The van der Waals surface area contributed by atoms with E-state index >= 15 is 0 Å². The fraction of sp³-hybridized carbons (Fsp3) is 0.933. The van der Waals surface area contributed by atoms with Gasteiger partial charge in [0.1, 0.15) is 11.8 Å². The summed E-state index contributed by atoms with van der Waals surface area (Å²) in [6.45, 7) is 5.41. The van der Waals surface area contributed by atoms with Crippen molar-refractivity contribution in [1.82, 2.24) is 10.2 Å². The maximum atomic E-state index is 11.2. The molecule has 1 saturated heterocycles. The second-order valence-electron chi connectivity index (χ2n) is 5.51. The zero-order chi connectivity index (χ0) is 14.1. The van der Waals surface area contributed by atoms with Gasteiger partial charge in [0.15, 0.2) is 0 Å². The molecule has 4 heteroatoms. The Morgan fingerprint density at radius 2 is 1.79 bits per heavy atom. The summed E-state index contributed by atoms with van der Waals surface area (Å²) in [4.78, 5) is 13.5. The van der Waals surface area contributed by atoms with Crippen molar-refractivity contribution < 1.29 is 4.79 Å². The Balaban J connectivity index is 2.40. The van der Waals surface area contributed by atoms with Crippen LogP contribution in [-0.4, -0.2) is 35.4 Å². The second-order valence-corrected chi connectivity index (χ2v) is 5.98. The minimum atomic E-state index is -0.227. The van der Waals surface area contributed by atoms with Crippen molar-refractivity contribution in [1.29, 1.82) is 0 Å². The van der Waals surface area contributed by atoms with Gasteiger partial charge in [-0.25, -0.2) is 0 Å². The topological polar surface area (TPSA) is 32.3 Å². The summed E-state index contributed by atoms with van der Waals surface area (Å²) < 4.78 is 0. The van der Waals surface area contributed by atoms with Crippen LogP contribution >= 0.6 is 11.6 Å². The lowest BCUT2D eigenvalue weighted by Crippen LogP contribution is -2.40. The molecule has 0 saturated carbocycles. The lowest BCUT2D eigenvalue weighted by Gasteiger charge is -2.26. The first-order valence-corrected chi connectivity index (χ1v) is 8.29. The third-order valence-electron chi connectivity index (χ3n) is 3.93. The van der Waals surface area contributed by atoms with Crippen LogP contribution in [0, 0.1) is 0 Å². The second kappa shape index (κ2) is 9.73. The summed E-state index contributed by atoms with van der Waals surface area (Å²) in [7, 11) is 0. The predicted octanol–water partition coefficient (Wildman–Crippen LogP) is 3.51. The minimum absolute atomic E-state index is 0.158. The Labute approximate surface area is 123 Å². The van der Waals surface area contributed by atoms with Gasteiger partial charge >= 0.3 is 0 Å². The van der Waals surface area contributed by atoms with Gasteiger partial charge in [-0.05, 0) is 12.8 Å². The van der Waals surface area contributed by atoms with Gasteiger partial charge in [0.05, 0.1) is 12.2 Å². The average molecular weight is 289 g/mol. The third kappa shape index (κ3) is 5.41. The number of alkyl halides is 1. The molecule has 0 aromatic carbocycles. The Bertz CT molecular complexity index is 250. The number of unbranched alkanes of at least 4 members (excludes halogenated alkanes) is 5. The summed E-state index contributed by atoms with van der Waals surface area (Å²) in [6, 6.07) is -0.158. The van der Waals surface area contributed by atoms with E-state index in [1.807, 2.05) is 0 Å². The lowest BCUT2D eigenvalue weighted by molar-refractivity contribution is -0.111. The molecule has 3 atom stereocenters. The van der Waals surface area contributed by atoms with Gasteiger partial charge in [0, 0.05) is 6.54 Å². The molecule has 1 aliphatic heterocycles. The largest absolute Gasteiger partial charge is 0.302 e.